The number of hydrogen-bond donors (Lipinski definition) is 2. The molecule has 0 aliphatic carbocycles. The van der Waals surface area contributed by atoms with E-state index in [-0.39, 0.29) is 16.8 Å². The molecule has 0 saturated carbocycles. The molecule has 0 radical (unpaired) electrons. The molecular weight excluding hydrogens is 526 g/mol. The zero-order valence-corrected chi connectivity index (χ0v) is 23.1. The van der Waals surface area contributed by atoms with E-state index in [1.807, 2.05) is 60.7 Å². The zero-order valence-electron chi connectivity index (χ0n) is 22.3. The Morgan fingerprint density at radius 1 is 0.825 bits per heavy atom. The van der Waals surface area contributed by atoms with Gasteiger partial charge in [-0.1, -0.05) is 84.9 Å². The molecule has 0 spiro atoms. The maximum absolute atomic E-state index is 13.6. The minimum absolute atomic E-state index is 0.180. The van der Waals surface area contributed by atoms with E-state index in [1.54, 1.807) is 23.1 Å². The van der Waals surface area contributed by atoms with E-state index in [2.05, 4.69) is 10.6 Å². The largest absolute Gasteiger partial charge is 0.378 e. The Kier molecular flexibility index (Phi) is 10.5. The first-order chi connectivity index (χ1) is 19.4. The van der Waals surface area contributed by atoms with Gasteiger partial charge in [-0.05, 0) is 36.1 Å². The highest BCUT2D eigenvalue weighted by molar-refractivity contribution is 7.94. The summed E-state index contributed by atoms with van der Waals surface area (Å²) >= 11 is 0. The molecule has 3 aromatic rings. The van der Waals surface area contributed by atoms with Gasteiger partial charge in [0.1, 0.15) is 6.04 Å². The lowest BCUT2D eigenvalue weighted by Crippen LogP contribution is -2.55. The number of rotatable bonds is 11. The quantitative estimate of drug-likeness (QED) is 0.371. The van der Waals surface area contributed by atoms with E-state index in [4.69, 9.17) is 4.74 Å². The van der Waals surface area contributed by atoms with Crippen molar-refractivity contribution in [3.63, 3.8) is 0 Å². The fourth-order valence-electron chi connectivity index (χ4n) is 4.42. The lowest BCUT2D eigenvalue weighted by Gasteiger charge is -2.29. The van der Waals surface area contributed by atoms with Gasteiger partial charge >= 0.3 is 6.03 Å². The van der Waals surface area contributed by atoms with Crippen LogP contribution in [-0.2, 0) is 32.2 Å². The zero-order chi connectivity index (χ0) is 28.2. The van der Waals surface area contributed by atoms with Crippen LogP contribution in [0.15, 0.2) is 107 Å². The van der Waals surface area contributed by atoms with Gasteiger partial charge in [0.25, 0.3) is 0 Å². The molecule has 1 aliphatic heterocycles. The van der Waals surface area contributed by atoms with Crippen molar-refractivity contribution < 1.29 is 22.7 Å². The molecule has 3 aromatic carbocycles. The Hall–Kier alpha value is -3.95. The first-order valence-corrected chi connectivity index (χ1v) is 14.9. The summed E-state index contributed by atoms with van der Waals surface area (Å²) in [5, 5.41) is 7.03. The molecule has 3 amide bonds. The van der Waals surface area contributed by atoms with Crippen LogP contribution in [0.3, 0.4) is 0 Å². The second-order valence-corrected chi connectivity index (χ2v) is 11.5. The van der Waals surface area contributed by atoms with Crippen LogP contribution in [0.2, 0.25) is 0 Å². The number of carbonyl (C=O) groups excluding carboxylic acids is 2. The normalized spacial score (nSPS) is 15.3. The van der Waals surface area contributed by atoms with Crippen molar-refractivity contribution in [2.24, 2.45) is 0 Å². The van der Waals surface area contributed by atoms with Gasteiger partial charge in [-0.25, -0.2) is 13.2 Å². The molecule has 1 fully saturated rings. The van der Waals surface area contributed by atoms with Crippen LogP contribution in [0.1, 0.15) is 17.5 Å². The van der Waals surface area contributed by atoms with E-state index in [0.29, 0.717) is 45.6 Å². The van der Waals surface area contributed by atoms with Crippen LogP contribution < -0.4 is 10.6 Å². The fourth-order valence-corrected chi connectivity index (χ4v) is 5.51. The van der Waals surface area contributed by atoms with Crippen LogP contribution in [0.4, 0.5) is 4.79 Å². The summed E-state index contributed by atoms with van der Waals surface area (Å²) < 4.78 is 31.2. The minimum Gasteiger partial charge on any atom is -0.378 e. The summed E-state index contributed by atoms with van der Waals surface area (Å²) in [4.78, 5) is 28.4. The van der Waals surface area contributed by atoms with E-state index in [9.17, 15) is 18.0 Å². The monoisotopic (exact) mass is 561 g/mol. The smallest absolute Gasteiger partial charge is 0.318 e. The number of sulfone groups is 1. The predicted molar refractivity (Wildman–Crippen MR) is 154 cm³/mol. The fraction of sp³-hybridized carbons (Fsp3) is 0.290. The number of urea groups is 1. The summed E-state index contributed by atoms with van der Waals surface area (Å²) in [7, 11) is -3.70. The van der Waals surface area contributed by atoms with Crippen LogP contribution in [-0.4, -0.2) is 63.6 Å². The van der Waals surface area contributed by atoms with E-state index >= 15 is 0 Å². The van der Waals surface area contributed by atoms with Crippen molar-refractivity contribution in [3.05, 3.63) is 114 Å². The first-order valence-electron chi connectivity index (χ1n) is 13.4. The molecule has 9 heteroatoms. The topological polar surface area (TPSA) is 105 Å². The Labute approximate surface area is 236 Å². The molecule has 1 aliphatic rings. The maximum atomic E-state index is 13.6. The molecule has 210 valence electrons. The van der Waals surface area contributed by atoms with E-state index < -0.39 is 21.9 Å². The SMILES string of the molecule is O=C(N[C@@H](/C=C/S(=O)(=O)c1ccccc1)CCc1ccccc1)[C@H](Cc1ccccc1)NC(=O)N1CCOCC1. The summed E-state index contributed by atoms with van der Waals surface area (Å²) in [6, 6.07) is 25.7. The highest BCUT2D eigenvalue weighted by Gasteiger charge is 2.26. The van der Waals surface area contributed by atoms with Gasteiger partial charge in [0.15, 0.2) is 9.84 Å². The third kappa shape index (κ3) is 8.79. The number of ether oxygens (including phenoxy) is 1. The van der Waals surface area contributed by atoms with Crippen molar-refractivity contribution in [1.29, 1.82) is 0 Å². The van der Waals surface area contributed by atoms with Crippen LogP contribution in [0, 0.1) is 0 Å². The molecule has 40 heavy (non-hydrogen) atoms. The molecule has 1 saturated heterocycles. The maximum Gasteiger partial charge on any atom is 0.318 e. The summed E-state index contributed by atoms with van der Waals surface area (Å²) in [6.07, 6.45) is 2.92. The van der Waals surface area contributed by atoms with Gasteiger partial charge in [-0.15, -0.1) is 0 Å². The van der Waals surface area contributed by atoms with Gasteiger partial charge in [0.2, 0.25) is 5.91 Å². The molecule has 0 aromatic heterocycles. The standard InChI is InChI=1S/C31H35N3O5S/c35-30(29(24-26-12-6-2-7-13-26)33-31(36)34-19-21-39-22-20-34)32-27(17-16-25-10-4-1-5-11-25)18-23-40(37,38)28-14-8-3-9-15-28/h1-15,18,23,27,29H,16-17,19-22,24H2,(H,32,35)(H,33,36)/b23-18+/t27-,29+/m1/s1. The Morgan fingerprint density at radius 2 is 1.40 bits per heavy atom. The summed E-state index contributed by atoms with van der Waals surface area (Å²) in [5.41, 5.74) is 1.97. The van der Waals surface area contributed by atoms with Gasteiger partial charge < -0.3 is 20.3 Å². The van der Waals surface area contributed by atoms with Crippen molar-refractivity contribution in [2.45, 2.75) is 36.2 Å². The molecule has 2 N–H and O–H groups in total. The lowest BCUT2D eigenvalue weighted by molar-refractivity contribution is -0.123. The molecule has 2 atom stereocenters. The van der Waals surface area contributed by atoms with Crippen molar-refractivity contribution in [1.82, 2.24) is 15.5 Å². The van der Waals surface area contributed by atoms with E-state index in [1.165, 1.54) is 18.2 Å². The Morgan fingerprint density at radius 3 is 2.02 bits per heavy atom. The average molecular weight is 562 g/mol. The van der Waals surface area contributed by atoms with Crippen LogP contribution in [0.25, 0.3) is 0 Å². The molecule has 0 unspecified atom stereocenters. The molecule has 4 rings (SSSR count). The first kappa shape index (κ1) is 29.0. The lowest BCUT2D eigenvalue weighted by atomic mass is 10.0. The van der Waals surface area contributed by atoms with Crippen molar-refractivity contribution >= 4 is 21.8 Å². The predicted octanol–water partition coefficient (Wildman–Crippen LogP) is 3.74. The van der Waals surface area contributed by atoms with Gasteiger partial charge in [0.05, 0.1) is 18.1 Å². The average Bonchev–Trinajstić information content (AvgIpc) is 3.00. The van der Waals surface area contributed by atoms with E-state index in [0.717, 1.165) is 16.5 Å². The number of hydrogen-bond acceptors (Lipinski definition) is 5. The number of carbonyl (C=O) groups is 2. The van der Waals surface area contributed by atoms with Gasteiger partial charge in [-0.3, -0.25) is 4.79 Å². The highest BCUT2D eigenvalue weighted by Crippen LogP contribution is 2.14. The molecule has 1 heterocycles. The van der Waals surface area contributed by atoms with Crippen LogP contribution in [0.5, 0.6) is 0 Å². The molecule has 8 nitrogen and oxygen atoms in total. The van der Waals surface area contributed by atoms with Crippen molar-refractivity contribution in [2.75, 3.05) is 26.3 Å². The number of nitrogens with zero attached hydrogens (tertiary/aromatic N) is 1. The third-order valence-corrected chi connectivity index (χ3v) is 8.12. The highest BCUT2D eigenvalue weighted by atomic mass is 32.2. The minimum atomic E-state index is -3.70. The Balaban J connectivity index is 1.53. The summed E-state index contributed by atoms with van der Waals surface area (Å²) in [6.45, 7) is 1.80. The number of morpholine rings is 1. The third-order valence-electron chi connectivity index (χ3n) is 6.67. The second-order valence-electron chi connectivity index (χ2n) is 9.62. The van der Waals surface area contributed by atoms with Gasteiger partial charge in [-0.2, -0.15) is 0 Å². The number of aryl methyl sites for hydroxylation is 1. The van der Waals surface area contributed by atoms with Crippen molar-refractivity contribution in [3.8, 4) is 0 Å². The molecule has 0 bridgehead atoms. The summed E-state index contributed by atoms with van der Waals surface area (Å²) in [5.74, 6) is -0.384. The van der Waals surface area contributed by atoms with Gasteiger partial charge in [0, 0.05) is 31.0 Å². The molecular formula is C31H35N3O5S. The second kappa shape index (κ2) is 14.4. The number of benzene rings is 3. The number of nitrogens with one attached hydrogen (secondary N) is 2. The Bertz CT molecular complexity index is 1360. The number of amides is 3. The van der Waals surface area contributed by atoms with Crippen LogP contribution >= 0.6 is 0 Å².